The minimum absolute atomic E-state index is 0.0484. The van der Waals surface area contributed by atoms with E-state index in [1.165, 1.54) is 12.4 Å². The number of para-hydroxylation sites is 1. The topological polar surface area (TPSA) is 101 Å². The maximum absolute atomic E-state index is 14.0. The third-order valence-corrected chi connectivity index (χ3v) is 2.85. The van der Waals surface area contributed by atoms with Crippen LogP contribution >= 0.6 is 0 Å². The number of benzene rings is 1. The van der Waals surface area contributed by atoms with Crippen LogP contribution in [0.5, 0.6) is 0 Å². The van der Waals surface area contributed by atoms with E-state index >= 15 is 0 Å². The minimum atomic E-state index is -0.455. The van der Waals surface area contributed by atoms with Crippen LogP contribution in [-0.2, 0) is 0 Å². The monoisotopic (exact) mass is 277 g/mol. The number of rotatable bonds is 5. The third kappa shape index (κ3) is 2.77. The number of hydrogen-bond acceptors (Lipinski definition) is 5. The zero-order chi connectivity index (χ0) is 14.5. The zero-order valence-electron chi connectivity index (χ0n) is 10.8. The van der Waals surface area contributed by atoms with Crippen molar-refractivity contribution in [1.29, 1.82) is 0 Å². The molecule has 5 N–H and O–H groups in total. The van der Waals surface area contributed by atoms with Gasteiger partial charge in [-0.05, 0) is 25.1 Å². The molecule has 7 heteroatoms. The fourth-order valence-corrected chi connectivity index (χ4v) is 1.88. The number of nitrogens with one attached hydrogen (secondary N) is 1. The fourth-order valence-electron chi connectivity index (χ4n) is 1.88. The van der Waals surface area contributed by atoms with Crippen molar-refractivity contribution < 1.29 is 4.39 Å². The van der Waals surface area contributed by atoms with Crippen LogP contribution < -0.4 is 21.9 Å². The summed E-state index contributed by atoms with van der Waals surface area (Å²) in [6, 6.07) is 6.24. The number of nitrogens with zero attached hydrogens (tertiary/aromatic N) is 2. The van der Waals surface area contributed by atoms with Crippen molar-refractivity contribution >= 4 is 17.2 Å². The molecule has 1 heterocycles. The van der Waals surface area contributed by atoms with Crippen molar-refractivity contribution in [2.75, 3.05) is 23.7 Å². The molecule has 20 heavy (non-hydrogen) atoms. The number of aromatic amines is 1. The molecule has 0 fully saturated rings. The molecule has 1 aromatic carbocycles. The largest absolute Gasteiger partial charge is 0.391 e. The van der Waals surface area contributed by atoms with Crippen LogP contribution in [0.15, 0.2) is 35.4 Å². The van der Waals surface area contributed by atoms with Crippen molar-refractivity contribution in [2.24, 2.45) is 5.73 Å². The van der Waals surface area contributed by atoms with Gasteiger partial charge in [0.05, 0.1) is 12.0 Å². The Balaban J connectivity index is 2.50. The number of hydrogen-bond donors (Lipinski definition) is 3. The lowest BCUT2D eigenvalue weighted by Gasteiger charge is -2.24. The molecule has 0 radical (unpaired) electrons. The molecule has 2 aromatic rings. The molecule has 0 atom stereocenters. The second-order valence-corrected chi connectivity index (χ2v) is 4.21. The van der Waals surface area contributed by atoms with E-state index in [1.807, 2.05) is 0 Å². The maximum Gasteiger partial charge on any atom is 0.276 e. The van der Waals surface area contributed by atoms with E-state index in [-0.39, 0.29) is 11.5 Å². The molecule has 2 rings (SSSR count). The number of anilines is 3. The summed E-state index contributed by atoms with van der Waals surface area (Å²) < 4.78 is 14.0. The molecule has 6 nitrogen and oxygen atoms in total. The Hall–Kier alpha value is -2.41. The lowest BCUT2D eigenvalue weighted by molar-refractivity contribution is 0.622. The van der Waals surface area contributed by atoms with Crippen molar-refractivity contribution in [2.45, 2.75) is 6.42 Å². The van der Waals surface area contributed by atoms with Crippen LogP contribution in [0.25, 0.3) is 0 Å². The van der Waals surface area contributed by atoms with Crippen LogP contribution in [0.4, 0.5) is 21.6 Å². The molecule has 0 aliphatic rings. The van der Waals surface area contributed by atoms with Crippen LogP contribution in [0, 0.1) is 5.82 Å². The first-order valence-corrected chi connectivity index (χ1v) is 6.20. The molecule has 0 saturated heterocycles. The molecule has 0 aliphatic heterocycles. The lowest BCUT2D eigenvalue weighted by atomic mass is 10.2. The average Bonchev–Trinajstić information content (AvgIpc) is 2.45. The normalized spacial score (nSPS) is 10.5. The minimum Gasteiger partial charge on any atom is -0.391 e. The number of nitrogens with two attached hydrogens (primary N) is 2. The number of aromatic nitrogens is 2. The summed E-state index contributed by atoms with van der Waals surface area (Å²) in [4.78, 5) is 19.6. The van der Waals surface area contributed by atoms with E-state index in [0.29, 0.717) is 25.2 Å². The summed E-state index contributed by atoms with van der Waals surface area (Å²) in [5.41, 5.74) is 11.0. The standard InChI is InChI=1S/C13H16FN5O/c14-9-4-1-2-5-10(9)19(7-3-6-15)12-11(16)13(20)18-8-17-12/h1-2,4-5,8H,3,6-7,15-16H2,(H,17,18,20). The highest BCUT2D eigenvalue weighted by atomic mass is 19.1. The van der Waals surface area contributed by atoms with Gasteiger partial charge in [0.1, 0.15) is 11.5 Å². The van der Waals surface area contributed by atoms with Gasteiger partial charge < -0.3 is 21.4 Å². The molecule has 0 bridgehead atoms. The van der Waals surface area contributed by atoms with Crippen LogP contribution in [0.2, 0.25) is 0 Å². The van der Waals surface area contributed by atoms with Gasteiger partial charge in [-0.3, -0.25) is 4.79 Å². The van der Waals surface area contributed by atoms with Crippen molar-refractivity contribution in [3.05, 3.63) is 46.8 Å². The Morgan fingerprint density at radius 3 is 2.80 bits per heavy atom. The summed E-state index contributed by atoms with van der Waals surface area (Å²) in [5, 5.41) is 0. The lowest BCUT2D eigenvalue weighted by Crippen LogP contribution is -2.26. The van der Waals surface area contributed by atoms with Gasteiger partial charge in [-0.15, -0.1) is 0 Å². The second-order valence-electron chi connectivity index (χ2n) is 4.21. The van der Waals surface area contributed by atoms with E-state index in [0.717, 1.165) is 0 Å². The average molecular weight is 277 g/mol. The Labute approximate surface area is 115 Å². The van der Waals surface area contributed by atoms with Gasteiger partial charge in [0, 0.05) is 6.54 Å². The first kappa shape index (κ1) is 14.0. The van der Waals surface area contributed by atoms with Gasteiger partial charge in [0.25, 0.3) is 5.56 Å². The molecule has 1 aromatic heterocycles. The Bertz CT molecular complexity index is 643. The maximum atomic E-state index is 14.0. The van der Waals surface area contributed by atoms with Gasteiger partial charge in [-0.2, -0.15) is 0 Å². The number of halogens is 1. The second kappa shape index (κ2) is 6.16. The van der Waals surface area contributed by atoms with Crippen LogP contribution in [-0.4, -0.2) is 23.1 Å². The Kier molecular flexibility index (Phi) is 4.31. The zero-order valence-corrected chi connectivity index (χ0v) is 10.8. The number of nitrogen functional groups attached to an aromatic ring is 1. The summed E-state index contributed by atoms with van der Waals surface area (Å²) in [5.74, 6) is -0.182. The molecule has 0 aliphatic carbocycles. The van der Waals surface area contributed by atoms with E-state index in [2.05, 4.69) is 9.97 Å². The van der Waals surface area contributed by atoms with E-state index < -0.39 is 11.4 Å². The number of H-pyrrole nitrogens is 1. The van der Waals surface area contributed by atoms with Crippen molar-refractivity contribution in [3.63, 3.8) is 0 Å². The predicted octanol–water partition coefficient (Wildman–Crippen LogP) is 0.978. The Morgan fingerprint density at radius 2 is 2.10 bits per heavy atom. The molecular weight excluding hydrogens is 261 g/mol. The first-order chi connectivity index (χ1) is 9.65. The van der Waals surface area contributed by atoms with Crippen molar-refractivity contribution in [3.8, 4) is 0 Å². The van der Waals surface area contributed by atoms with Gasteiger partial charge in [0.15, 0.2) is 5.82 Å². The molecule has 0 amide bonds. The SMILES string of the molecule is NCCCN(c1ccccc1F)c1nc[nH]c(=O)c1N. The highest BCUT2D eigenvalue weighted by Crippen LogP contribution is 2.28. The van der Waals surface area contributed by atoms with Gasteiger partial charge in [-0.1, -0.05) is 12.1 Å². The first-order valence-electron chi connectivity index (χ1n) is 6.20. The Morgan fingerprint density at radius 1 is 1.35 bits per heavy atom. The summed E-state index contributed by atoms with van der Waals surface area (Å²) in [7, 11) is 0. The smallest absolute Gasteiger partial charge is 0.276 e. The van der Waals surface area contributed by atoms with Crippen LogP contribution in [0.1, 0.15) is 6.42 Å². The van der Waals surface area contributed by atoms with Gasteiger partial charge in [-0.25, -0.2) is 9.37 Å². The highest BCUT2D eigenvalue weighted by molar-refractivity contribution is 5.70. The molecule has 0 unspecified atom stereocenters. The molecule has 0 saturated carbocycles. The third-order valence-electron chi connectivity index (χ3n) is 2.85. The van der Waals surface area contributed by atoms with Gasteiger partial charge in [0.2, 0.25) is 0 Å². The summed E-state index contributed by atoms with van der Waals surface area (Å²) in [6.07, 6.45) is 1.85. The van der Waals surface area contributed by atoms with E-state index in [9.17, 15) is 9.18 Å². The van der Waals surface area contributed by atoms with Gasteiger partial charge >= 0.3 is 0 Å². The summed E-state index contributed by atoms with van der Waals surface area (Å²) in [6.45, 7) is 0.853. The van der Waals surface area contributed by atoms with Crippen LogP contribution in [0.3, 0.4) is 0 Å². The quantitative estimate of drug-likeness (QED) is 0.756. The van der Waals surface area contributed by atoms with E-state index in [4.69, 9.17) is 11.5 Å². The predicted molar refractivity (Wildman–Crippen MR) is 76.3 cm³/mol. The molecule has 0 spiro atoms. The van der Waals surface area contributed by atoms with Crippen molar-refractivity contribution in [1.82, 2.24) is 9.97 Å². The fraction of sp³-hybridized carbons (Fsp3) is 0.231. The molecular formula is C13H16FN5O. The highest BCUT2D eigenvalue weighted by Gasteiger charge is 2.18. The van der Waals surface area contributed by atoms with E-state index in [1.54, 1.807) is 23.1 Å². The molecule has 106 valence electrons. The summed E-state index contributed by atoms with van der Waals surface area (Å²) >= 11 is 0.